The monoisotopic (exact) mass is 357 g/mol. The van der Waals surface area contributed by atoms with Crippen molar-refractivity contribution < 1.29 is 9.53 Å². The van der Waals surface area contributed by atoms with Crippen LogP contribution >= 0.6 is 34.8 Å². The summed E-state index contributed by atoms with van der Waals surface area (Å²) in [6.07, 6.45) is -0.204. The lowest BCUT2D eigenvalue weighted by Crippen LogP contribution is -2.32. The fourth-order valence-electron chi connectivity index (χ4n) is 1.82. The molecule has 116 valence electrons. The molecule has 1 atom stereocenters. The summed E-state index contributed by atoms with van der Waals surface area (Å²) in [5.41, 5.74) is 0.445. The Bertz CT molecular complexity index is 676. The Hall–Kier alpha value is -1.42. The third-order valence-electron chi connectivity index (χ3n) is 2.96. The fourth-order valence-corrected chi connectivity index (χ4v) is 2.34. The average Bonchev–Trinajstić information content (AvgIpc) is 2.50. The van der Waals surface area contributed by atoms with E-state index in [0.717, 1.165) is 0 Å². The van der Waals surface area contributed by atoms with Gasteiger partial charge >= 0.3 is 0 Å². The molecule has 0 aliphatic carbocycles. The van der Waals surface area contributed by atoms with E-state index in [-0.39, 0.29) is 5.91 Å². The number of benzene rings is 2. The summed E-state index contributed by atoms with van der Waals surface area (Å²) in [6, 6.07) is 11.9. The highest BCUT2D eigenvalue weighted by atomic mass is 35.5. The number of carbonyl (C=O) groups is 1. The van der Waals surface area contributed by atoms with Crippen LogP contribution in [0.15, 0.2) is 42.5 Å². The van der Waals surface area contributed by atoms with Crippen molar-refractivity contribution in [2.75, 3.05) is 5.32 Å². The number of hydrogen-bond donors (Lipinski definition) is 1. The maximum Gasteiger partial charge on any atom is 0.265 e. The summed E-state index contributed by atoms with van der Waals surface area (Å²) in [6.45, 7) is 1.85. The molecule has 0 saturated carbocycles. The minimum absolute atomic E-state index is 0.313. The van der Waals surface area contributed by atoms with Crippen LogP contribution in [0, 0.1) is 0 Å². The van der Waals surface area contributed by atoms with E-state index in [9.17, 15) is 4.79 Å². The minimum Gasteiger partial charge on any atom is -0.479 e. The average molecular weight is 359 g/mol. The normalized spacial score (nSPS) is 11.8. The predicted octanol–water partition coefficient (Wildman–Crippen LogP) is 5.44. The van der Waals surface area contributed by atoms with Gasteiger partial charge in [-0.15, -0.1) is 0 Å². The molecule has 22 heavy (non-hydrogen) atoms. The molecular formula is C16H14Cl3NO2. The highest BCUT2D eigenvalue weighted by molar-refractivity contribution is 6.35. The van der Waals surface area contributed by atoms with Crippen LogP contribution in [-0.2, 0) is 4.79 Å². The zero-order valence-corrected chi connectivity index (χ0v) is 14.0. The highest BCUT2D eigenvalue weighted by Gasteiger charge is 2.20. The first-order valence-corrected chi connectivity index (χ1v) is 7.81. The van der Waals surface area contributed by atoms with Gasteiger partial charge in [-0.3, -0.25) is 4.79 Å². The lowest BCUT2D eigenvalue weighted by molar-refractivity contribution is -0.122. The van der Waals surface area contributed by atoms with Gasteiger partial charge in [-0.2, -0.15) is 0 Å². The first-order valence-electron chi connectivity index (χ1n) is 6.68. The van der Waals surface area contributed by atoms with Crippen molar-refractivity contribution in [3.63, 3.8) is 0 Å². The number of hydrogen-bond acceptors (Lipinski definition) is 2. The van der Waals surface area contributed by atoms with Gasteiger partial charge in [0.1, 0.15) is 5.75 Å². The van der Waals surface area contributed by atoms with E-state index in [1.165, 1.54) is 0 Å². The van der Waals surface area contributed by atoms with E-state index in [1.807, 2.05) is 6.92 Å². The third-order valence-corrected chi connectivity index (χ3v) is 3.83. The largest absolute Gasteiger partial charge is 0.479 e. The van der Waals surface area contributed by atoms with E-state index in [0.29, 0.717) is 32.9 Å². The predicted molar refractivity (Wildman–Crippen MR) is 91.3 cm³/mol. The topological polar surface area (TPSA) is 38.3 Å². The number of rotatable bonds is 5. The van der Waals surface area contributed by atoms with Crippen LogP contribution in [0.3, 0.4) is 0 Å². The lowest BCUT2D eigenvalue weighted by Gasteiger charge is -2.18. The molecule has 1 amide bonds. The maximum atomic E-state index is 12.3. The second-order valence-electron chi connectivity index (χ2n) is 4.56. The molecule has 2 aromatic carbocycles. The van der Waals surface area contributed by atoms with Crippen LogP contribution in [0.2, 0.25) is 15.1 Å². The Balaban J connectivity index is 2.12. The van der Waals surface area contributed by atoms with Crippen LogP contribution in [-0.4, -0.2) is 12.0 Å². The van der Waals surface area contributed by atoms with Gasteiger partial charge in [-0.05, 0) is 36.8 Å². The van der Waals surface area contributed by atoms with Gasteiger partial charge < -0.3 is 10.1 Å². The molecule has 0 radical (unpaired) electrons. The number of amides is 1. The Kier molecular flexibility index (Phi) is 5.95. The van der Waals surface area contributed by atoms with Crippen molar-refractivity contribution in [3.8, 4) is 5.75 Å². The van der Waals surface area contributed by atoms with Crippen LogP contribution in [0.4, 0.5) is 5.69 Å². The first kappa shape index (κ1) is 16.9. The molecule has 0 spiro atoms. The third kappa shape index (κ3) is 4.29. The first-order chi connectivity index (χ1) is 10.5. The van der Waals surface area contributed by atoms with Gasteiger partial charge in [0.15, 0.2) is 6.10 Å². The van der Waals surface area contributed by atoms with Gasteiger partial charge in [0.25, 0.3) is 5.91 Å². The van der Waals surface area contributed by atoms with E-state index in [4.69, 9.17) is 39.5 Å². The van der Waals surface area contributed by atoms with E-state index in [2.05, 4.69) is 5.32 Å². The van der Waals surface area contributed by atoms with Crippen molar-refractivity contribution in [1.29, 1.82) is 0 Å². The number of para-hydroxylation sites is 1. The number of ether oxygens (including phenoxy) is 1. The van der Waals surface area contributed by atoms with Gasteiger partial charge in [0, 0.05) is 5.02 Å². The fraction of sp³-hybridized carbons (Fsp3) is 0.188. The summed E-state index contributed by atoms with van der Waals surface area (Å²) in [5, 5.41) is 4.07. The second-order valence-corrected chi connectivity index (χ2v) is 5.81. The Labute approximate surface area is 144 Å². The maximum absolute atomic E-state index is 12.3. The van der Waals surface area contributed by atoms with Crippen molar-refractivity contribution in [3.05, 3.63) is 57.5 Å². The highest BCUT2D eigenvalue weighted by Crippen LogP contribution is 2.27. The molecule has 0 aromatic heterocycles. The minimum atomic E-state index is -0.685. The Morgan fingerprint density at radius 3 is 2.55 bits per heavy atom. The SMILES string of the molecule is CC[C@@H](Oc1ccccc1Cl)C(=O)Nc1cc(Cl)ccc1Cl. The Morgan fingerprint density at radius 2 is 1.86 bits per heavy atom. The molecule has 0 saturated heterocycles. The summed E-state index contributed by atoms with van der Waals surface area (Å²) in [7, 11) is 0. The quantitative estimate of drug-likeness (QED) is 0.772. The Morgan fingerprint density at radius 1 is 1.14 bits per heavy atom. The molecule has 0 bridgehead atoms. The van der Waals surface area contributed by atoms with Crippen LogP contribution in [0.1, 0.15) is 13.3 Å². The van der Waals surface area contributed by atoms with E-state index in [1.54, 1.807) is 42.5 Å². The van der Waals surface area contributed by atoms with Crippen LogP contribution in [0.5, 0.6) is 5.75 Å². The summed E-state index contributed by atoms with van der Waals surface area (Å²) >= 11 is 18.0. The van der Waals surface area contributed by atoms with Crippen molar-refractivity contribution >= 4 is 46.4 Å². The number of carbonyl (C=O) groups excluding carboxylic acids is 1. The molecule has 0 unspecified atom stereocenters. The zero-order valence-electron chi connectivity index (χ0n) is 11.8. The molecule has 0 fully saturated rings. The van der Waals surface area contributed by atoms with Gasteiger partial charge in [0.05, 0.1) is 15.7 Å². The molecule has 2 aromatic rings. The van der Waals surface area contributed by atoms with Crippen molar-refractivity contribution in [2.24, 2.45) is 0 Å². The standard InChI is InChI=1S/C16H14Cl3NO2/c1-2-14(22-15-6-4-3-5-12(15)19)16(21)20-13-9-10(17)7-8-11(13)18/h3-9,14H,2H2,1H3,(H,20,21)/t14-/m1/s1. The summed E-state index contributed by atoms with van der Waals surface area (Å²) in [5.74, 6) is 0.148. The van der Waals surface area contributed by atoms with Crippen LogP contribution < -0.4 is 10.1 Å². The number of nitrogens with one attached hydrogen (secondary N) is 1. The summed E-state index contributed by atoms with van der Waals surface area (Å²) < 4.78 is 5.68. The molecule has 0 aliphatic rings. The van der Waals surface area contributed by atoms with E-state index < -0.39 is 6.10 Å². The van der Waals surface area contributed by atoms with Gasteiger partial charge in [-0.1, -0.05) is 53.9 Å². The van der Waals surface area contributed by atoms with Crippen molar-refractivity contribution in [2.45, 2.75) is 19.4 Å². The molecule has 0 aliphatic heterocycles. The lowest BCUT2D eigenvalue weighted by atomic mass is 10.2. The number of halogens is 3. The summed E-state index contributed by atoms with van der Waals surface area (Å²) in [4.78, 5) is 12.3. The zero-order chi connectivity index (χ0) is 16.1. The molecule has 1 N–H and O–H groups in total. The molecular weight excluding hydrogens is 345 g/mol. The molecule has 6 heteroatoms. The molecule has 3 nitrogen and oxygen atoms in total. The molecule has 2 rings (SSSR count). The smallest absolute Gasteiger partial charge is 0.265 e. The van der Waals surface area contributed by atoms with Gasteiger partial charge in [-0.25, -0.2) is 0 Å². The van der Waals surface area contributed by atoms with Gasteiger partial charge in [0.2, 0.25) is 0 Å². The van der Waals surface area contributed by atoms with Crippen LogP contribution in [0.25, 0.3) is 0 Å². The van der Waals surface area contributed by atoms with E-state index >= 15 is 0 Å². The second kappa shape index (κ2) is 7.73. The van der Waals surface area contributed by atoms with Crippen molar-refractivity contribution in [1.82, 2.24) is 0 Å². The molecule has 0 heterocycles. The number of anilines is 1.